The van der Waals surface area contributed by atoms with Crippen molar-refractivity contribution in [2.24, 2.45) is 0 Å². The summed E-state index contributed by atoms with van der Waals surface area (Å²) in [6, 6.07) is 1.97. The Morgan fingerprint density at radius 2 is 1.87 bits per heavy atom. The number of hydrogen-bond acceptors (Lipinski definition) is 5. The first-order chi connectivity index (χ1) is 11.1. The van der Waals surface area contributed by atoms with Gasteiger partial charge < -0.3 is 4.90 Å². The van der Waals surface area contributed by atoms with Crippen LogP contribution in [0.4, 0.5) is 5.95 Å². The number of hydrogen-bond donors (Lipinski definition) is 0. The molecule has 2 aromatic heterocycles. The van der Waals surface area contributed by atoms with Crippen LogP contribution in [-0.2, 0) is 4.57 Å². The van der Waals surface area contributed by atoms with Gasteiger partial charge >= 0.3 is 0 Å². The minimum atomic E-state index is -0.252. The molecule has 6 nitrogen and oxygen atoms in total. The molecule has 0 N–H and O–H groups in total. The average Bonchev–Trinajstić information content (AvgIpc) is 3.11. The van der Waals surface area contributed by atoms with Crippen molar-refractivity contribution in [3.63, 3.8) is 0 Å². The van der Waals surface area contributed by atoms with Crippen molar-refractivity contribution in [1.29, 1.82) is 0 Å². The van der Waals surface area contributed by atoms with E-state index < -0.39 is 0 Å². The van der Waals surface area contributed by atoms with E-state index in [-0.39, 0.29) is 4.57 Å². The third kappa shape index (κ3) is 3.59. The lowest BCUT2D eigenvalue weighted by Gasteiger charge is -2.44. The van der Waals surface area contributed by atoms with Gasteiger partial charge in [-0.05, 0) is 44.3 Å². The molecule has 3 heterocycles. The van der Waals surface area contributed by atoms with Crippen LogP contribution in [-0.4, -0.2) is 50.8 Å². The van der Waals surface area contributed by atoms with E-state index in [2.05, 4.69) is 63.7 Å². The summed E-state index contributed by atoms with van der Waals surface area (Å²) in [6.45, 7) is 5.88. The highest BCUT2D eigenvalue weighted by molar-refractivity contribution is 9.10. The van der Waals surface area contributed by atoms with Gasteiger partial charge in [0.15, 0.2) is 4.57 Å². The Morgan fingerprint density at radius 3 is 2.43 bits per heavy atom. The van der Waals surface area contributed by atoms with E-state index >= 15 is 0 Å². The largest absolute Gasteiger partial charge is 0.338 e. The number of alkyl halides is 1. The van der Waals surface area contributed by atoms with Crippen molar-refractivity contribution >= 4 is 37.8 Å². The first-order valence-corrected chi connectivity index (χ1v) is 9.38. The van der Waals surface area contributed by atoms with Gasteiger partial charge in [-0.25, -0.2) is 14.6 Å². The molecule has 3 rings (SSSR count). The van der Waals surface area contributed by atoms with Gasteiger partial charge in [0.25, 0.3) is 0 Å². The number of aromatic nitrogens is 4. The van der Waals surface area contributed by atoms with Gasteiger partial charge in [0.1, 0.15) is 0 Å². The maximum absolute atomic E-state index is 4.45. The van der Waals surface area contributed by atoms with Crippen molar-refractivity contribution in [3.8, 4) is 0 Å². The van der Waals surface area contributed by atoms with E-state index in [0.29, 0.717) is 0 Å². The van der Waals surface area contributed by atoms with Crippen LogP contribution in [0.3, 0.4) is 0 Å². The Balaban J connectivity index is 1.70. The molecule has 1 unspecified atom stereocenters. The van der Waals surface area contributed by atoms with Crippen molar-refractivity contribution in [2.75, 3.05) is 31.1 Å². The van der Waals surface area contributed by atoms with E-state index in [0.717, 1.165) is 49.4 Å². The van der Waals surface area contributed by atoms with E-state index in [1.54, 1.807) is 12.4 Å². The quantitative estimate of drug-likeness (QED) is 0.525. The molecule has 1 aliphatic heterocycles. The molecular formula is C15H20Br2N6. The fourth-order valence-corrected chi connectivity index (χ4v) is 4.09. The maximum Gasteiger partial charge on any atom is 0.225 e. The molecule has 0 spiro atoms. The topological polar surface area (TPSA) is 50.1 Å². The summed E-state index contributed by atoms with van der Waals surface area (Å²) in [7, 11) is 0. The summed E-state index contributed by atoms with van der Waals surface area (Å²) in [6.07, 6.45) is 9.53. The molecule has 0 aromatic carbocycles. The molecule has 8 heteroatoms. The highest BCUT2D eigenvalue weighted by Gasteiger charge is 2.37. The van der Waals surface area contributed by atoms with E-state index in [1.807, 2.05) is 23.1 Å². The summed E-state index contributed by atoms with van der Waals surface area (Å²) < 4.78 is 2.67. The van der Waals surface area contributed by atoms with Crippen LogP contribution >= 0.6 is 31.9 Å². The third-order valence-corrected chi connectivity index (χ3v) is 5.75. The van der Waals surface area contributed by atoms with Gasteiger partial charge in [-0.2, -0.15) is 5.10 Å². The SMILES string of the molecule is CCCC(Br)(N1CCN(c2ncc(Br)cn2)CC1)n1cccn1. The minimum Gasteiger partial charge on any atom is -0.338 e. The molecule has 0 amide bonds. The second kappa shape index (κ2) is 7.27. The van der Waals surface area contributed by atoms with Crippen LogP contribution in [0.5, 0.6) is 0 Å². The van der Waals surface area contributed by atoms with Crippen molar-refractivity contribution in [3.05, 3.63) is 35.3 Å². The smallest absolute Gasteiger partial charge is 0.225 e. The van der Waals surface area contributed by atoms with Gasteiger partial charge in [0.05, 0.1) is 4.47 Å². The predicted molar refractivity (Wildman–Crippen MR) is 97.6 cm³/mol. The van der Waals surface area contributed by atoms with Gasteiger partial charge in [-0.3, -0.25) is 4.90 Å². The number of rotatable bonds is 5. The zero-order valence-electron chi connectivity index (χ0n) is 13.1. The van der Waals surface area contributed by atoms with Crippen LogP contribution in [0.15, 0.2) is 35.3 Å². The Bertz CT molecular complexity index is 609. The van der Waals surface area contributed by atoms with Crippen LogP contribution in [0.2, 0.25) is 0 Å². The Labute approximate surface area is 153 Å². The number of anilines is 1. The van der Waals surface area contributed by atoms with E-state index in [4.69, 9.17) is 0 Å². The predicted octanol–water partition coefficient (Wildman–Crippen LogP) is 3.06. The first kappa shape index (κ1) is 16.9. The van der Waals surface area contributed by atoms with Crippen molar-refractivity contribution in [2.45, 2.75) is 24.3 Å². The van der Waals surface area contributed by atoms with Gasteiger partial charge in [0, 0.05) is 51.0 Å². The normalized spacial score (nSPS) is 18.8. The lowest BCUT2D eigenvalue weighted by atomic mass is 10.2. The van der Waals surface area contributed by atoms with Crippen LogP contribution in [0.25, 0.3) is 0 Å². The first-order valence-electron chi connectivity index (χ1n) is 7.80. The monoisotopic (exact) mass is 442 g/mol. The van der Waals surface area contributed by atoms with Gasteiger partial charge in [-0.1, -0.05) is 13.3 Å². The molecule has 0 radical (unpaired) electrons. The average molecular weight is 444 g/mol. The summed E-state index contributed by atoms with van der Waals surface area (Å²) in [5, 5.41) is 4.45. The molecule has 0 bridgehead atoms. The summed E-state index contributed by atoms with van der Waals surface area (Å²) in [4.78, 5) is 13.5. The molecule has 23 heavy (non-hydrogen) atoms. The van der Waals surface area contributed by atoms with Crippen molar-refractivity contribution in [1.82, 2.24) is 24.6 Å². The molecule has 0 saturated carbocycles. The standard InChI is InChI=1S/C15H20Br2N6/c1-2-4-15(17,23-6-3-5-20-23)22-9-7-21(8-10-22)14-18-11-13(16)12-19-14/h3,5-6,11-12H,2,4,7-10H2,1H3. The maximum atomic E-state index is 4.45. The molecule has 2 aromatic rings. The van der Waals surface area contributed by atoms with Gasteiger partial charge in [-0.15, -0.1) is 0 Å². The second-order valence-electron chi connectivity index (χ2n) is 5.59. The van der Waals surface area contributed by atoms with E-state index in [9.17, 15) is 0 Å². The molecular weight excluding hydrogens is 424 g/mol. The van der Waals surface area contributed by atoms with Crippen LogP contribution in [0, 0.1) is 0 Å². The molecule has 0 aliphatic carbocycles. The summed E-state index contributed by atoms with van der Waals surface area (Å²) in [5.74, 6) is 0.794. The lowest BCUT2D eigenvalue weighted by Crippen LogP contribution is -2.55. The molecule has 1 atom stereocenters. The molecule has 1 aliphatic rings. The number of nitrogens with zero attached hydrogens (tertiary/aromatic N) is 6. The Morgan fingerprint density at radius 1 is 1.17 bits per heavy atom. The highest BCUT2D eigenvalue weighted by atomic mass is 79.9. The van der Waals surface area contributed by atoms with Crippen LogP contribution in [0.1, 0.15) is 19.8 Å². The zero-order valence-corrected chi connectivity index (χ0v) is 16.2. The van der Waals surface area contributed by atoms with E-state index in [1.165, 1.54) is 0 Å². The minimum absolute atomic E-state index is 0.252. The zero-order chi connectivity index (χ0) is 16.3. The molecule has 124 valence electrons. The summed E-state index contributed by atoms with van der Waals surface area (Å²) >= 11 is 7.33. The van der Waals surface area contributed by atoms with Gasteiger partial charge in [0.2, 0.25) is 5.95 Å². The fourth-order valence-electron chi connectivity index (χ4n) is 2.92. The molecule has 1 fully saturated rings. The van der Waals surface area contributed by atoms with Crippen molar-refractivity contribution < 1.29 is 0 Å². The third-order valence-electron chi connectivity index (χ3n) is 4.08. The summed E-state index contributed by atoms with van der Waals surface area (Å²) in [5.41, 5.74) is 0. The lowest BCUT2D eigenvalue weighted by molar-refractivity contribution is 0.0830. The number of piperazine rings is 1. The Hall–Kier alpha value is -0.990. The fraction of sp³-hybridized carbons (Fsp3) is 0.533. The van der Waals surface area contributed by atoms with Crippen LogP contribution < -0.4 is 4.90 Å². The second-order valence-corrected chi connectivity index (χ2v) is 7.78. The molecule has 1 saturated heterocycles. The number of halogens is 2. The Kier molecular flexibility index (Phi) is 5.33. The highest BCUT2D eigenvalue weighted by Crippen LogP contribution is 2.34.